The van der Waals surface area contributed by atoms with Crippen LogP contribution in [0.5, 0.6) is 0 Å². The summed E-state index contributed by atoms with van der Waals surface area (Å²) < 4.78 is 14.5. The molecule has 0 unspecified atom stereocenters. The number of aromatic nitrogens is 4. The van der Waals surface area contributed by atoms with Gasteiger partial charge in [-0.1, -0.05) is 11.6 Å². The van der Waals surface area contributed by atoms with E-state index in [4.69, 9.17) is 11.6 Å². The zero-order valence-corrected chi connectivity index (χ0v) is 8.30. The van der Waals surface area contributed by atoms with E-state index in [-0.39, 0.29) is 5.95 Å². The Morgan fingerprint density at radius 1 is 1.50 bits per heavy atom. The van der Waals surface area contributed by atoms with E-state index in [1.807, 2.05) is 0 Å². The molecule has 0 spiro atoms. The van der Waals surface area contributed by atoms with Crippen molar-refractivity contribution in [2.24, 2.45) is 0 Å². The number of hydrogen-bond donors (Lipinski definition) is 0. The number of imidazole rings is 1. The Labute approximate surface area is 92.7 Å². The zero-order chi connectivity index (χ0) is 11.7. The van der Waals surface area contributed by atoms with E-state index in [2.05, 4.69) is 15.0 Å². The molecule has 0 atom stereocenters. The molecule has 0 N–H and O–H groups in total. The second-order valence-electron chi connectivity index (χ2n) is 2.68. The van der Waals surface area contributed by atoms with Crippen LogP contribution < -0.4 is 0 Å². The Hall–Kier alpha value is -2.09. The molecular weight excluding hydrogens is 241 g/mol. The molecule has 2 aromatic rings. The Morgan fingerprint density at radius 3 is 2.75 bits per heavy atom. The first-order chi connectivity index (χ1) is 7.59. The van der Waals surface area contributed by atoms with Gasteiger partial charge in [0.1, 0.15) is 6.33 Å². The Bertz CT molecular complexity index is 521. The summed E-state index contributed by atoms with van der Waals surface area (Å²) in [4.78, 5) is 20.1. The third-order valence-corrected chi connectivity index (χ3v) is 1.97. The van der Waals surface area contributed by atoms with Gasteiger partial charge in [-0.25, -0.2) is 4.98 Å². The summed E-state index contributed by atoms with van der Waals surface area (Å²) >= 11 is 5.48. The lowest BCUT2D eigenvalue weighted by molar-refractivity contribution is -0.388. The summed E-state index contributed by atoms with van der Waals surface area (Å²) in [5.74, 6) is -1.40. The summed E-state index contributed by atoms with van der Waals surface area (Å²) in [5, 5.41) is 9.87. The van der Waals surface area contributed by atoms with Crippen LogP contribution in [0.1, 0.15) is 0 Å². The molecule has 0 bridgehead atoms. The maximum atomic E-state index is 13.2. The molecule has 0 aliphatic heterocycles. The third-order valence-electron chi connectivity index (χ3n) is 1.71. The van der Waals surface area contributed by atoms with Crippen molar-refractivity contribution in [2.45, 2.75) is 0 Å². The number of nitro groups is 1. The van der Waals surface area contributed by atoms with Crippen LogP contribution in [-0.4, -0.2) is 24.4 Å². The van der Waals surface area contributed by atoms with Crippen molar-refractivity contribution in [3.63, 3.8) is 0 Å². The predicted octanol–water partition coefficient (Wildman–Crippen LogP) is 1.36. The number of rotatable bonds is 2. The van der Waals surface area contributed by atoms with E-state index in [9.17, 15) is 14.5 Å². The van der Waals surface area contributed by atoms with Gasteiger partial charge < -0.3 is 0 Å². The first kappa shape index (κ1) is 10.4. The molecule has 0 aromatic carbocycles. The molecule has 0 saturated heterocycles. The molecule has 2 rings (SSSR count). The summed E-state index contributed by atoms with van der Waals surface area (Å²) in [5.41, 5.74) is -0.939. The lowest BCUT2D eigenvalue weighted by atomic mass is 10.5. The predicted molar refractivity (Wildman–Crippen MR) is 50.8 cm³/mol. The van der Waals surface area contributed by atoms with E-state index in [1.165, 1.54) is 23.3 Å². The second-order valence-corrected chi connectivity index (χ2v) is 3.04. The van der Waals surface area contributed by atoms with Crippen molar-refractivity contribution in [1.82, 2.24) is 19.5 Å². The van der Waals surface area contributed by atoms with Gasteiger partial charge in [-0.05, 0) is 0 Å². The van der Waals surface area contributed by atoms with Crippen LogP contribution >= 0.6 is 11.6 Å². The highest BCUT2D eigenvalue weighted by Gasteiger charge is 2.24. The molecule has 0 amide bonds. The SMILES string of the molecule is O=[N+]([O-])c1c(F)nc(-n2ccnc2)nc1Cl. The van der Waals surface area contributed by atoms with Crippen molar-refractivity contribution in [1.29, 1.82) is 0 Å². The molecular formula is C7H3ClFN5O2. The third kappa shape index (κ3) is 1.70. The molecule has 0 aliphatic rings. The molecule has 9 heteroatoms. The van der Waals surface area contributed by atoms with Crippen molar-refractivity contribution in [2.75, 3.05) is 0 Å². The van der Waals surface area contributed by atoms with Crippen molar-refractivity contribution in [3.05, 3.63) is 39.9 Å². The van der Waals surface area contributed by atoms with Gasteiger partial charge in [-0.15, -0.1) is 0 Å². The molecule has 16 heavy (non-hydrogen) atoms. The molecule has 2 heterocycles. The van der Waals surface area contributed by atoms with Crippen molar-refractivity contribution in [3.8, 4) is 5.95 Å². The minimum atomic E-state index is -1.28. The lowest BCUT2D eigenvalue weighted by Gasteiger charge is -2.01. The van der Waals surface area contributed by atoms with Gasteiger partial charge in [0.25, 0.3) is 5.95 Å². The van der Waals surface area contributed by atoms with Crippen LogP contribution in [-0.2, 0) is 0 Å². The van der Waals surface area contributed by atoms with E-state index < -0.39 is 21.7 Å². The van der Waals surface area contributed by atoms with Crippen LogP contribution in [0.4, 0.5) is 10.1 Å². The van der Waals surface area contributed by atoms with E-state index >= 15 is 0 Å². The van der Waals surface area contributed by atoms with Gasteiger partial charge in [0.2, 0.25) is 11.1 Å². The minimum absolute atomic E-state index is 0.120. The average molecular weight is 244 g/mol. The molecule has 2 aromatic heterocycles. The van der Waals surface area contributed by atoms with Crippen LogP contribution in [0.2, 0.25) is 5.15 Å². The van der Waals surface area contributed by atoms with Crippen LogP contribution in [0.15, 0.2) is 18.7 Å². The fourth-order valence-corrected chi connectivity index (χ4v) is 1.26. The molecule has 0 aliphatic carbocycles. The molecule has 0 saturated carbocycles. The monoisotopic (exact) mass is 243 g/mol. The summed E-state index contributed by atoms with van der Waals surface area (Å²) in [6.07, 6.45) is 4.20. The zero-order valence-electron chi connectivity index (χ0n) is 7.54. The van der Waals surface area contributed by atoms with Crippen LogP contribution in [0.25, 0.3) is 5.95 Å². The molecule has 0 radical (unpaired) electrons. The van der Waals surface area contributed by atoms with Gasteiger partial charge in [-0.3, -0.25) is 14.7 Å². The maximum absolute atomic E-state index is 13.2. The van der Waals surface area contributed by atoms with Gasteiger partial charge >= 0.3 is 5.69 Å². The van der Waals surface area contributed by atoms with Gasteiger partial charge in [0, 0.05) is 12.4 Å². The van der Waals surface area contributed by atoms with Gasteiger partial charge in [-0.2, -0.15) is 14.4 Å². The summed E-state index contributed by atoms with van der Waals surface area (Å²) in [6, 6.07) is 0. The number of nitrogens with zero attached hydrogens (tertiary/aromatic N) is 5. The average Bonchev–Trinajstić information content (AvgIpc) is 2.67. The number of halogens is 2. The quantitative estimate of drug-likeness (QED) is 0.451. The standard InChI is InChI=1S/C7H3ClFN5O2/c8-5-4(14(15)16)6(9)12-7(11-5)13-2-1-10-3-13/h1-3H. The first-order valence-electron chi connectivity index (χ1n) is 3.95. The van der Waals surface area contributed by atoms with Crippen molar-refractivity contribution < 1.29 is 9.31 Å². The smallest absolute Gasteiger partial charge is 0.274 e. The fourth-order valence-electron chi connectivity index (χ4n) is 1.04. The van der Waals surface area contributed by atoms with Crippen LogP contribution in [0, 0.1) is 16.1 Å². The molecule has 0 fully saturated rings. The van der Waals surface area contributed by atoms with Crippen LogP contribution in [0.3, 0.4) is 0 Å². The summed E-state index contributed by atoms with van der Waals surface area (Å²) in [6.45, 7) is 0. The van der Waals surface area contributed by atoms with E-state index in [1.54, 1.807) is 0 Å². The normalized spacial score (nSPS) is 10.4. The summed E-state index contributed by atoms with van der Waals surface area (Å²) in [7, 11) is 0. The fraction of sp³-hybridized carbons (Fsp3) is 0. The molecule has 82 valence electrons. The van der Waals surface area contributed by atoms with Gasteiger partial charge in [0.15, 0.2) is 0 Å². The first-order valence-corrected chi connectivity index (χ1v) is 4.33. The highest BCUT2D eigenvalue weighted by Crippen LogP contribution is 2.24. The Balaban J connectivity index is 2.58. The van der Waals surface area contributed by atoms with Crippen molar-refractivity contribution >= 4 is 17.3 Å². The Morgan fingerprint density at radius 2 is 2.25 bits per heavy atom. The molecule has 7 nitrogen and oxygen atoms in total. The minimum Gasteiger partial charge on any atom is -0.274 e. The highest BCUT2D eigenvalue weighted by molar-refractivity contribution is 6.31. The Kier molecular flexibility index (Phi) is 2.49. The van der Waals surface area contributed by atoms with E-state index in [0.717, 1.165) is 0 Å². The number of hydrogen-bond acceptors (Lipinski definition) is 5. The topological polar surface area (TPSA) is 86.7 Å². The maximum Gasteiger partial charge on any atom is 0.361 e. The lowest BCUT2D eigenvalue weighted by Crippen LogP contribution is -2.05. The highest BCUT2D eigenvalue weighted by atomic mass is 35.5. The largest absolute Gasteiger partial charge is 0.361 e. The van der Waals surface area contributed by atoms with Gasteiger partial charge in [0.05, 0.1) is 4.92 Å². The van der Waals surface area contributed by atoms with E-state index in [0.29, 0.717) is 0 Å². The second kappa shape index (κ2) is 3.81.